The summed E-state index contributed by atoms with van der Waals surface area (Å²) in [5.41, 5.74) is 2.63. The SMILES string of the molecule is Cc1ccc2c(C3=CCN(C)CC3)occ2c1. The molecule has 17 heavy (non-hydrogen) atoms. The van der Waals surface area contributed by atoms with Crippen LogP contribution >= 0.6 is 0 Å². The quantitative estimate of drug-likeness (QED) is 0.741. The van der Waals surface area contributed by atoms with Gasteiger partial charge in [0.15, 0.2) is 0 Å². The van der Waals surface area contributed by atoms with E-state index in [1.807, 2.05) is 6.26 Å². The zero-order valence-electron chi connectivity index (χ0n) is 10.4. The first-order valence-corrected chi connectivity index (χ1v) is 6.10. The number of likely N-dealkylation sites (N-methyl/N-ethyl adjacent to an activating group) is 1. The molecule has 0 atom stereocenters. The third kappa shape index (κ3) is 1.89. The summed E-state index contributed by atoms with van der Waals surface area (Å²) in [7, 11) is 2.15. The summed E-state index contributed by atoms with van der Waals surface area (Å²) in [5.74, 6) is 1.06. The Morgan fingerprint density at radius 1 is 1.29 bits per heavy atom. The molecule has 0 aliphatic carbocycles. The lowest BCUT2D eigenvalue weighted by Gasteiger charge is -2.20. The molecule has 1 aromatic carbocycles. The molecule has 0 amide bonds. The van der Waals surface area contributed by atoms with Crippen molar-refractivity contribution in [1.82, 2.24) is 4.90 Å². The van der Waals surface area contributed by atoms with Gasteiger partial charge in [0.2, 0.25) is 0 Å². The van der Waals surface area contributed by atoms with Gasteiger partial charge in [-0.05, 0) is 32.0 Å². The standard InChI is InChI=1S/C15H17NO/c1-11-3-4-14-13(9-11)10-17-15(14)12-5-7-16(2)8-6-12/h3-5,9-10H,6-8H2,1-2H3. The minimum absolute atomic E-state index is 1.02. The molecule has 0 saturated carbocycles. The molecular formula is C15H17NO. The van der Waals surface area contributed by atoms with E-state index in [0.717, 1.165) is 25.3 Å². The molecule has 0 unspecified atom stereocenters. The van der Waals surface area contributed by atoms with Crippen molar-refractivity contribution in [2.75, 3.05) is 20.1 Å². The van der Waals surface area contributed by atoms with E-state index in [9.17, 15) is 0 Å². The normalized spacial score (nSPS) is 17.4. The van der Waals surface area contributed by atoms with Crippen LogP contribution in [0.2, 0.25) is 0 Å². The van der Waals surface area contributed by atoms with Crippen LogP contribution in [-0.4, -0.2) is 25.0 Å². The topological polar surface area (TPSA) is 16.4 Å². The number of rotatable bonds is 1. The van der Waals surface area contributed by atoms with E-state index >= 15 is 0 Å². The van der Waals surface area contributed by atoms with Gasteiger partial charge in [0.1, 0.15) is 5.76 Å². The molecule has 2 nitrogen and oxygen atoms in total. The van der Waals surface area contributed by atoms with Crippen LogP contribution in [0.1, 0.15) is 17.7 Å². The van der Waals surface area contributed by atoms with Crippen LogP contribution in [0, 0.1) is 6.92 Å². The van der Waals surface area contributed by atoms with Crippen LogP contribution in [-0.2, 0) is 0 Å². The molecule has 0 spiro atoms. The molecule has 0 N–H and O–H groups in total. The molecule has 0 saturated heterocycles. The Morgan fingerprint density at radius 3 is 2.94 bits per heavy atom. The lowest BCUT2D eigenvalue weighted by Crippen LogP contribution is -2.23. The van der Waals surface area contributed by atoms with Crippen molar-refractivity contribution in [3.05, 3.63) is 41.9 Å². The van der Waals surface area contributed by atoms with Gasteiger partial charge in [-0.3, -0.25) is 0 Å². The number of hydrogen-bond acceptors (Lipinski definition) is 2. The zero-order valence-corrected chi connectivity index (χ0v) is 10.4. The van der Waals surface area contributed by atoms with Gasteiger partial charge in [0, 0.05) is 23.9 Å². The highest BCUT2D eigenvalue weighted by atomic mass is 16.3. The van der Waals surface area contributed by atoms with Crippen molar-refractivity contribution >= 4 is 16.3 Å². The summed E-state index contributed by atoms with van der Waals surface area (Å²) in [5, 5.41) is 2.45. The fourth-order valence-electron chi connectivity index (χ4n) is 2.40. The molecule has 2 aromatic rings. The summed E-state index contributed by atoms with van der Waals surface area (Å²) in [6, 6.07) is 6.50. The molecule has 0 fully saturated rings. The van der Waals surface area contributed by atoms with Gasteiger partial charge in [-0.15, -0.1) is 0 Å². The highest BCUT2D eigenvalue weighted by Gasteiger charge is 2.15. The molecule has 3 rings (SSSR count). The third-order valence-corrected chi connectivity index (χ3v) is 3.46. The first-order chi connectivity index (χ1) is 8.24. The van der Waals surface area contributed by atoms with Crippen molar-refractivity contribution < 1.29 is 4.42 Å². The van der Waals surface area contributed by atoms with Gasteiger partial charge in [-0.1, -0.05) is 23.8 Å². The molecule has 0 radical (unpaired) electrons. The Balaban J connectivity index is 2.06. The Kier molecular flexibility index (Phi) is 2.52. The van der Waals surface area contributed by atoms with Gasteiger partial charge in [0.25, 0.3) is 0 Å². The Bertz CT molecular complexity index is 580. The second kappa shape index (κ2) is 4.04. The van der Waals surface area contributed by atoms with Crippen molar-refractivity contribution in [2.24, 2.45) is 0 Å². The summed E-state index contributed by atoms with van der Waals surface area (Å²) >= 11 is 0. The summed E-state index contributed by atoms with van der Waals surface area (Å²) in [6.45, 7) is 4.24. The minimum Gasteiger partial charge on any atom is -0.463 e. The van der Waals surface area contributed by atoms with Crippen LogP contribution in [0.5, 0.6) is 0 Å². The minimum atomic E-state index is 1.02. The summed E-state index contributed by atoms with van der Waals surface area (Å²) in [6.07, 6.45) is 5.23. The smallest absolute Gasteiger partial charge is 0.137 e. The van der Waals surface area contributed by atoms with Gasteiger partial charge in [0.05, 0.1) is 6.26 Å². The predicted molar refractivity (Wildman–Crippen MR) is 71.0 cm³/mol. The average Bonchev–Trinajstić information content (AvgIpc) is 2.73. The van der Waals surface area contributed by atoms with E-state index in [0.29, 0.717) is 0 Å². The number of nitrogens with zero attached hydrogens (tertiary/aromatic N) is 1. The number of benzene rings is 1. The molecule has 1 aliphatic rings. The van der Waals surface area contributed by atoms with E-state index < -0.39 is 0 Å². The van der Waals surface area contributed by atoms with Crippen LogP contribution in [0.25, 0.3) is 16.3 Å². The van der Waals surface area contributed by atoms with E-state index in [4.69, 9.17) is 4.42 Å². The highest BCUT2D eigenvalue weighted by molar-refractivity contribution is 5.92. The highest BCUT2D eigenvalue weighted by Crippen LogP contribution is 2.30. The van der Waals surface area contributed by atoms with Crippen LogP contribution in [0.3, 0.4) is 0 Å². The Morgan fingerprint density at radius 2 is 2.18 bits per heavy atom. The fourth-order valence-corrected chi connectivity index (χ4v) is 2.40. The lowest BCUT2D eigenvalue weighted by atomic mass is 10.0. The van der Waals surface area contributed by atoms with Crippen molar-refractivity contribution in [3.63, 3.8) is 0 Å². The first-order valence-electron chi connectivity index (χ1n) is 6.10. The van der Waals surface area contributed by atoms with Crippen molar-refractivity contribution in [3.8, 4) is 0 Å². The maximum absolute atomic E-state index is 5.76. The van der Waals surface area contributed by atoms with Gasteiger partial charge in [-0.2, -0.15) is 0 Å². The van der Waals surface area contributed by atoms with E-state index in [1.165, 1.54) is 21.9 Å². The first kappa shape index (κ1) is 10.6. The lowest BCUT2D eigenvalue weighted by molar-refractivity contribution is 0.367. The summed E-state index contributed by atoms with van der Waals surface area (Å²) < 4.78 is 5.76. The van der Waals surface area contributed by atoms with Crippen LogP contribution < -0.4 is 0 Å². The third-order valence-electron chi connectivity index (χ3n) is 3.46. The number of fused-ring (bicyclic) bond motifs is 1. The van der Waals surface area contributed by atoms with E-state index in [1.54, 1.807) is 0 Å². The molecular weight excluding hydrogens is 210 g/mol. The maximum Gasteiger partial charge on any atom is 0.137 e. The van der Waals surface area contributed by atoms with Crippen molar-refractivity contribution in [2.45, 2.75) is 13.3 Å². The molecule has 2 heteroatoms. The molecule has 1 aliphatic heterocycles. The Labute approximate surface area is 102 Å². The van der Waals surface area contributed by atoms with Crippen molar-refractivity contribution in [1.29, 1.82) is 0 Å². The maximum atomic E-state index is 5.76. The predicted octanol–water partition coefficient (Wildman–Crippen LogP) is 3.46. The number of aryl methyl sites for hydroxylation is 1. The number of furan rings is 1. The molecule has 1 aromatic heterocycles. The monoisotopic (exact) mass is 227 g/mol. The van der Waals surface area contributed by atoms with E-state index in [2.05, 4.69) is 43.1 Å². The van der Waals surface area contributed by atoms with Crippen LogP contribution in [0.4, 0.5) is 0 Å². The number of hydrogen-bond donors (Lipinski definition) is 0. The molecule has 2 heterocycles. The Hall–Kier alpha value is -1.54. The molecule has 0 bridgehead atoms. The second-order valence-electron chi connectivity index (χ2n) is 4.90. The summed E-state index contributed by atoms with van der Waals surface area (Å²) in [4.78, 5) is 2.32. The van der Waals surface area contributed by atoms with Gasteiger partial charge in [-0.25, -0.2) is 0 Å². The van der Waals surface area contributed by atoms with Gasteiger partial charge >= 0.3 is 0 Å². The zero-order chi connectivity index (χ0) is 11.8. The average molecular weight is 227 g/mol. The largest absolute Gasteiger partial charge is 0.463 e. The van der Waals surface area contributed by atoms with E-state index in [-0.39, 0.29) is 0 Å². The van der Waals surface area contributed by atoms with Gasteiger partial charge < -0.3 is 9.32 Å². The van der Waals surface area contributed by atoms with Crippen LogP contribution in [0.15, 0.2) is 35.0 Å². The second-order valence-corrected chi connectivity index (χ2v) is 4.90. The fraction of sp³-hybridized carbons (Fsp3) is 0.333. The molecule has 88 valence electrons.